The maximum Gasteiger partial charge on any atom is 0.278 e. The molecule has 0 fully saturated rings. The highest BCUT2D eigenvalue weighted by molar-refractivity contribution is 6.08. The third-order valence-corrected chi connectivity index (χ3v) is 4.39. The standard InChI is InChI=1S/C23H18N2O3/c1-27-18-13-11-17(12-14-18)22-21(24-15-28-22)23(26)25-20-10-6-5-9-19(20)16-7-3-2-4-8-16/h2-15H,1H3,(H,25,26). The Morgan fingerprint density at radius 2 is 1.61 bits per heavy atom. The summed E-state index contributed by atoms with van der Waals surface area (Å²) in [4.78, 5) is 17.0. The zero-order valence-electron chi connectivity index (χ0n) is 15.3. The van der Waals surface area contributed by atoms with Gasteiger partial charge in [0.15, 0.2) is 17.8 Å². The molecule has 4 aromatic rings. The normalized spacial score (nSPS) is 10.5. The van der Waals surface area contributed by atoms with E-state index in [0.29, 0.717) is 11.4 Å². The van der Waals surface area contributed by atoms with E-state index in [1.54, 1.807) is 7.11 Å². The van der Waals surface area contributed by atoms with Crippen LogP contribution in [0, 0.1) is 0 Å². The number of nitrogens with zero attached hydrogens (tertiary/aromatic N) is 1. The van der Waals surface area contributed by atoms with Gasteiger partial charge in [-0.1, -0.05) is 48.5 Å². The van der Waals surface area contributed by atoms with Gasteiger partial charge in [0.2, 0.25) is 0 Å². The van der Waals surface area contributed by atoms with Gasteiger partial charge < -0.3 is 14.5 Å². The van der Waals surface area contributed by atoms with Gasteiger partial charge in [-0.15, -0.1) is 0 Å². The molecule has 0 radical (unpaired) electrons. The number of oxazole rings is 1. The molecule has 0 saturated heterocycles. The lowest BCUT2D eigenvalue weighted by Crippen LogP contribution is -2.14. The van der Waals surface area contributed by atoms with Crippen LogP contribution in [0.2, 0.25) is 0 Å². The van der Waals surface area contributed by atoms with Crippen LogP contribution in [-0.4, -0.2) is 18.0 Å². The van der Waals surface area contributed by atoms with E-state index in [0.717, 1.165) is 22.4 Å². The number of carbonyl (C=O) groups is 1. The van der Waals surface area contributed by atoms with Crippen molar-refractivity contribution in [1.29, 1.82) is 0 Å². The third-order valence-electron chi connectivity index (χ3n) is 4.39. The number of hydrogen-bond acceptors (Lipinski definition) is 4. The van der Waals surface area contributed by atoms with Crippen molar-refractivity contribution < 1.29 is 13.9 Å². The molecule has 5 nitrogen and oxygen atoms in total. The van der Waals surface area contributed by atoms with Gasteiger partial charge in [-0.3, -0.25) is 4.79 Å². The molecule has 0 aliphatic carbocycles. The molecule has 0 aliphatic heterocycles. The Kier molecular flexibility index (Phi) is 4.89. The van der Waals surface area contributed by atoms with Crippen LogP contribution >= 0.6 is 0 Å². The first-order chi connectivity index (χ1) is 13.8. The maximum absolute atomic E-state index is 12.9. The number of carbonyl (C=O) groups excluding carboxylic acids is 1. The number of rotatable bonds is 5. The van der Waals surface area contributed by atoms with Crippen LogP contribution in [0.3, 0.4) is 0 Å². The van der Waals surface area contributed by atoms with Crippen molar-refractivity contribution in [2.75, 3.05) is 12.4 Å². The number of ether oxygens (including phenoxy) is 1. The minimum atomic E-state index is -0.331. The Morgan fingerprint density at radius 3 is 2.36 bits per heavy atom. The molecule has 1 amide bonds. The highest BCUT2D eigenvalue weighted by Gasteiger charge is 2.19. The predicted octanol–water partition coefficient (Wildman–Crippen LogP) is 5.27. The second-order valence-corrected chi connectivity index (χ2v) is 6.12. The Morgan fingerprint density at radius 1 is 0.893 bits per heavy atom. The molecule has 4 rings (SSSR count). The lowest BCUT2D eigenvalue weighted by molar-refractivity contribution is 0.102. The van der Waals surface area contributed by atoms with E-state index >= 15 is 0 Å². The molecule has 28 heavy (non-hydrogen) atoms. The summed E-state index contributed by atoms with van der Waals surface area (Å²) in [6.07, 6.45) is 1.28. The minimum absolute atomic E-state index is 0.230. The van der Waals surface area contributed by atoms with Crippen LogP contribution in [0.1, 0.15) is 10.5 Å². The minimum Gasteiger partial charge on any atom is -0.497 e. The van der Waals surface area contributed by atoms with Gasteiger partial charge in [-0.25, -0.2) is 4.98 Å². The molecular weight excluding hydrogens is 352 g/mol. The average molecular weight is 370 g/mol. The molecular formula is C23H18N2O3. The second-order valence-electron chi connectivity index (χ2n) is 6.12. The van der Waals surface area contributed by atoms with E-state index in [1.807, 2.05) is 78.9 Å². The van der Waals surface area contributed by atoms with Gasteiger partial charge in [0.1, 0.15) is 5.75 Å². The summed E-state index contributed by atoms with van der Waals surface area (Å²) in [6, 6.07) is 24.8. The zero-order chi connectivity index (χ0) is 19.3. The number of aromatic nitrogens is 1. The summed E-state index contributed by atoms with van der Waals surface area (Å²) in [7, 11) is 1.60. The number of nitrogens with one attached hydrogen (secondary N) is 1. The summed E-state index contributed by atoms with van der Waals surface area (Å²) in [5.41, 5.74) is 3.65. The first kappa shape index (κ1) is 17.5. The van der Waals surface area contributed by atoms with Crippen molar-refractivity contribution in [1.82, 2.24) is 4.98 Å². The molecule has 1 N–H and O–H groups in total. The monoisotopic (exact) mass is 370 g/mol. The number of anilines is 1. The summed E-state index contributed by atoms with van der Waals surface area (Å²) in [6.45, 7) is 0. The van der Waals surface area contributed by atoms with Gasteiger partial charge in [-0.2, -0.15) is 0 Å². The van der Waals surface area contributed by atoms with E-state index in [4.69, 9.17) is 9.15 Å². The zero-order valence-corrected chi connectivity index (χ0v) is 15.3. The van der Waals surface area contributed by atoms with Crippen molar-refractivity contribution in [3.8, 4) is 28.2 Å². The van der Waals surface area contributed by atoms with Crippen molar-refractivity contribution in [3.05, 3.63) is 91.0 Å². The Hall–Kier alpha value is -3.86. The first-order valence-corrected chi connectivity index (χ1v) is 8.80. The molecule has 1 aromatic heterocycles. The molecule has 0 spiro atoms. The lowest BCUT2D eigenvalue weighted by atomic mass is 10.0. The number of amides is 1. The van der Waals surface area contributed by atoms with Crippen LogP contribution in [0.25, 0.3) is 22.5 Å². The summed E-state index contributed by atoms with van der Waals surface area (Å²) >= 11 is 0. The molecule has 1 heterocycles. The van der Waals surface area contributed by atoms with Crippen molar-refractivity contribution >= 4 is 11.6 Å². The van der Waals surface area contributed by atoms with E-state index in [2.05, 4.69) is 10.3 Å². The Labute approximate surface area is 162 Å². The van der Waals surface area contributed by atoms with E-state index < -0.39 is 0 Å². The third kappa shape index (κ3) is 3.50. The second kappa shape index (κ2) is 7.80. The largest absolute Gasteiger partial charge is 0.497 e. The number of methoxy groups -OCH3 is 1. The lowest BCUT2D eigenvalue weighted by Gasteiger charge is -2.11. The Balaban J connectivity index is 1.63. The number of benzene rings is 3. The summed E-state index contributed by atoms with van der Waals surface area (Å²) in [5, 5.41) is 2.96. The molecule has 0 unspecified atom stereocenters. The molecule has 3 aromatic carbocycles. The van der Waals surface area contributed by atoms with Crippen molar-refractivity contribution in [3.63, 3.8) is 0 Å². The molecule has 5 heteroatoms. The highest BCUT2D eigenvalue weighted by Crippen LogP contribution is 2.30. The van der Waals surface area contributed by atoms with Crippen LogP contribution in [0.4, 0.5) is 5.69 Å². The fourth-order valence-corrected chi connectivity index (χ4v) is 3.00. The molecule has 0 saturated carbocycles. The molecule has 0 atom stereocenters. The highest BCUT2D eigenvalue weighted by atomic mass is 16.5. The maximum atomic E-state index is 12.9. The van der Waals surface area contributed by atoms with Gasteiger partial charge in [-0.05, 0) is 35.9 Å². The van der Waals surface area contributed by atoms with Gasteiger partial charge >= 0.3 is 0 Å². The van der Waals surface area contributed by atoms with Crippen LogP contribution in [0.15, 0.2) is 89.7 Å². The number of para-hydroxylation sites is 1. The van der Waals surface area contributed by atoms with Crippen molar-refractivity contribution in [2.24, 2.45) is 0 Å². The molecule has 138 valence electrons. The summed E-state index contributed by atoms with van der Waals surface area (Å²) in [5.74, 6) is 0.811. The van der Waals surface area contributed by atoms with E-state index in [1.165, 1.54) is 6.39 Å². The fraction of sp³-hybridized carbons (Fsp3) is 0.0435. The SMILES string of the molecule is COc1ccc(-c2ocnc2C(=O)Nc2ccccc2-c2ccccc2)cc1. The number of hydrogen-bond donors (Lipinski definition) is 1. The quantitative estimate of drug-likeness (QED) is 0.520. The smallest absolute Gasteiger partial charge is 0.278 e. The predicted molar refractivity (Wildman–Crippen MR) is 108 cm³/mol. The molecule has 0 bridgehead atoms. The van der Waals surface area contributed by atoms with Crippen molar-refractivity contribution in [2.45, 2.75) is 0 Å². The molecule has 0 aliphatic rings. The fourth-order valence-electron chi connectivity index (χ4n) is 3.00. The first-order valence-electron chi connectivity index (χ1n) is 8.80. The van der Waals surface area contributed by atoms with E-state index in [9.17, 15) is 4.79 Å². The van der Waals surface area contributed by atoms with Crippen LogP contribution in [-0.2, 0) is 0 Å². The Bertz CT molecular complexity index is 1090. The topological polar surface area (TPSA) is 64.4 Å². The van der Waals surface area contributed by atoms with E-state index in [-0.39, 0.29) is 11.6 Å². The van der Waals surface area contributed by atoms with Crippen LogP contribution in [0.5, 0.6) is 5.75 Å². The van der Waals surface area contributed by atoms with Gasteiger partial charge in [0.05, 0.1) is 7.11 Å². The van der Waals surface area contributed by atoms with Gasteiger partial charge in [0.25, 0.3) is 5.91 Å². The van der Waals surface area contributed by atoms with Crippen LogP contribution < -0.4 is 10.1 Å². The van der Waals surface area contributed by atoms with Gasteiger partial charge in [0, 0.05) is 16.8 Å². The average Bonchev–Trinajstić information content (AvgIpc) is 3.25. The summed E-state index contributed by atoms with van der Waals surface area (Å²) < 4.78 is 10.7.